The van der Waals surface area contributed by atoms with E-state index < -0.39 is 0 Å². The summed E-state index contributed by atoms with van der Waals surface area (Å²) in [6.45, 7) is 3.34. The van der Waals surface area contributed by atoms with Crippen molar-refractivity contribution in [3.05, 3.63) is 58.6 Å². The van der Waals surface area contributed by atoms with Gasteiger partial charge in [-0.1, -0.05) is 25.3 Å². The van der Waals surface area contributed by atoms with E-state index in [4.69, 9.17) is 9.47 Å². The molecule has 2 aromatic rings. The SMILES string of the molecule is Cc1cc2c(c3c1C(=O)/C(=C/c1cccnc1)O3)CN(C1CCCCC1)CO2. The number of nitrogens with zero attached hydrogens (tertiary/aromatic N) is 2. The average Bonchev–Trinajstić information content (AvgIpc) is 3.06. The number of benzene rings is 1. The summed E-state index contributed by atoms with van der Waals surface area (Å²) in [5.74, 6) is 1.82. The normalized spacial score (nSPS) is 21.2. The van der Waals surface area contributed by atoms with Gasteiger partial charge in [-0.2, -0.15) is 0 Å². The lowest BCUT2D eigenvalue weighted by atomic mass is 9.93. The molecule has 28 heavy (non-hydrogen) atoms. The van der Waals surface area contributed by atoms with E-state index in [1.165, 1.54) is 32.1 Å². The molecule has 0 atom stereocenters. The Kier molecular flexibility index (Phi) is 4.40. The van der Waals surface area contributed by atoms with E-state index in [1.807, 2.05) is 25.1 Å². The average molecular weight is 376 g/mol. The fourth-order valence-corrected chi connectivity index (χ4v) is 4.54. The van der Waals surface area contributed by atoms with Gasteiger partial charge < -0.3 is 9.47 Å². The van der Waals surface area contributed by atoms with Crippen molar-refractivity contribution in [3.8, 4) is 11.5 Å². The molecule has 0 N–H and O–H groups in total. The van der Waals surface area contributed by atoms with Gasteiger partial charge in [-0.25, -0.2) is 0 Å². The number of fused-ring (bicyclic) bond motifs is 3. The van der Waals surface area contributed by atoms with E-state index >= 15 is 0 Å². The minimum Gasteiger partial charge on any atom is -0.478 e. The number of carbonyl (C=O) groups is 1. The van der Waals surface area contributed by atoms with Gasteiger partial charge in [0.25, 0.3) is 0 Å². The van der Waals surface area contributed by atoms with Gasteiger partial charge in [-0.15, -0.1) is 0 Å². The number of hydrogen-bond acceptors (Lipinski definition) is 5. The molecule has 3 aliphatic rings. The number of aromatic nitrogens is 1. The summed E-state index contributed by atoms with van der Waals surface area (Å²) >= 11 is 0. The maximum absolute atomic E-state index is 13.0. The van der Waals surface area contributed by atoms with Crippen molar-refractivity contribution in [1.29, 1.82) is 0 Å². The molecule has 0 amide bonds. The molecule has 144 valence electrons. The third-order valence-corrected chi connectivity index (χ3v) is 6.02. The highest BCUT2D eigenvalue weighted by Gasteiger charge is 2.36. The molecular formula is C23H24N2O3. The van der Waals surface area contributed by atoms with Crippen molar-refractivity contribution in [2.24, 2.45) is 0 Å². The smallest absolute Gasteiger partial charge is 0.232 e. The van der Waals surface area contributed by atoms with Crippen molar-refractivity contribution in [3.63, 3.8) is 0 Å². The van der Waals surface area contributed by atoms with Crippen LogP contribution >= 0.6 is 0 Å². The molecule has 1 saturated carbocycles. The molecule has 2 aliphatic heterocycles. The van der Waals surface area contributed by atoms with Crippen LogP contribution in [-0.4, -0.2) is 28.4 Å². The Morgan fingerprint density at radius 1 is 1.25 bits per heavy atom. The molecule has 5 rings (SSSR count). The summed E-state index contributed by atoms with van der Waals surface area (Å²) in [7, 11) is 0. The molecule has 0 unspecified atom stereocenters. The number of hydrogen-bond donors (Lipinski definition) is 0. The molecule has 1 fully saturated rings. The molecule has 0 spiro atoms. The van der Waals surface area contributed by atoms with Gasteiger partial charge >= 0.3 is 0 Å². The summed E-state index contributed by atoms with van der Waals surface area (Å²) in [6.07, 6.45) is 11.5. The number of Topliss-reactive ketones (excluding diaryl/α,β-unsaturated/α-hetero) is 1. The summed E-state index contributed by atoms with van der Waals surface area (Å²) in [5.41, 5.74) is 3.42. The second-order valence-electron chi connectivity index (χ2n) is 7.91. The summed E-state index contributed by atoms with van der Waals surface area (Å²) in [6, 6.07) is 6.31. The van der Waals surface area contributed by atoms with E-state index in [2.05, 4.69) is 9.88 Å². The Balaban J connectivity index is 1.49. The van der Waals surface area contributed by atoms with Crippen LogP contribution in [-0.2, 0) is 6.54 Å². The van der Waals surface area contributed by atoms with Gasteiger partial charge in [0.2, 0.25) is 5.78 Å². The first kappa shape index (κ1) is 17.4. The first-order chi connectivity index (χ1) is 13.7. The molecule has 0 radical (unpaired) electrons. The lowest BCUT2D eigenvalue weighted by Crippen LogP contribution is -2.41. The van der Waals surface area contributed by atoms with Gasteiger partial charge in [0.1, 0.15) is 18.2 Å². The van der Waals surface area contributed by atoms with Crippen LogP contribution in [0.25, 0.3) is 6.08 Å². The second kappa shape index (κ2) is 7.06. The van der Waals surface area contributed by atoms with Gasteiger partial charge in [-0.3, -0.25) is 14.7 Å². The molecule has 5 nitrogen and oxygen atoms in total. The predicted molar refractivity (Wildman–Crippen MR) is 106 cm³/mol. The van der Waals surface area contributed by atoms with Gasteiger partial charge in [0, 0.05) is 25.0 Å². The van der Waals surface area contributed by atoms with Crippen molar-refractivity contribution in [1.82, 2.24) is 9.88 Å². The molecule has 0 bridgehead atoms. The van der Waals surface area contributed by atoms with Gasteiger partial charge in [0.05, 0.1) is 11.1 Å². The summed E-state index contributed by atoms with van der Waals surface area (Å²) in [4.78, 5) is 19.5. The zero-order valence-corrected chi connectivity index (χ0v) is 16.1. The highest BCUT2D eigenvalue weighted by molar-refractivity contribution is 6.15. The Hall–Kier alpha value is -2.66. The molecule has 1 aromatic carbocycles. The number of rotatable bonds is 2. The van der Waals surface area contributed by atoms with Crippen LogP contribution in [0.4, 0.5) is 0 Å². The minimum absolute atomic E-state index is 0.0612. The maximum atomic E-state index is 13.0. The van der Waals surface area contributed by atoms with Crippen molar-refractivity contribution < 1.29 is 14.3 Å². The van der Waals surface area contributed by atoms with Gasteiger partial charge in [0.15, 0.2) is 5.76 Å². The molecule has 3 heterocycles. The monoisotopic (exact) mass is 376 g/mol. The van der Waals surface area contributed by atoms with E-state index in [0.717, 1.165) is 29.0 Å². The molecule has 1 aromatic heterocycles. The van der Waals surface area contributed by atoms with Crippen LogP contribution in [0, 0.1) is 6.92 Å². The lowest BCUT2D eigenvalue weighted by Gasteiger charge is -2.37. The van der Waals surface area contributed by atoms with Crippen LogP contribution in [0.3, 0.4) is 0 Å². The Labute approximate surface area is 165 Å². The van der Waals surface area contributed by atoms with E-state index in [9.17, 15) is 4.79 Å². The van der Waals surface area contributed by atoms with Crippen LogP contribution < -0.4 is 9.47 Å². The number of carbonyl (C=O) groups excluding carboxylic acids is 1. The fraction of sp³-hybridized carbons (Fsp3) is 0.391. The number of allylic oxidation sites excluding steroid dienone is 1. The van der Waals surface area contributed by atoms with Crippen LogP contribution in [0.15, 0.2) is 36.4 Å². The van der Waals surface area contributed by atoms with Crippen LogP contribution in [0.2, 0.25) is 0 Å². The van der Waals surface area contributed by atoms with Crippen molar-refractivity contribution >= 4 is 11.9 Å². The number of pyridine rings is 1. The first-order valence-corrected chi connectivity index (χ1v) is 10.1. The minimum atomic E-state index is -0.0612. The zero-order chi connectivity index (χ0) is 19.1. The molecule has 5 heteroatoms. The van der Waals surface area contributed by atoms with Crippen LogP contribution in [0.5, 0.6) is 11.5 Å². The summed E-state index contributed by atoms with van der Waals surface area (Å²) in [5, 5.41) is 0. The molecular weight excluding hydrogens is 352 g/mol. The lowest BCUT2D eigenvalue weighted by molar-refractivity contribution is 0.0393. The highest BCUT2D eigenvalue weighted by Crippen LogP contribution is 2.44. The standard InChI is InChI=1S/C23H24N2O3/c1-15-10-19-18(13-25(14-27-19)17-7-3-2-4-8-17)23-21(15)22(26)20(28-23)11-16-6-5-9-24-12-16/h5-6,9-12,17H,2-4,7-8,13-14H2,1H3/b20-11-. The van der Waals surface area contributed by atoms with Crippen molar-refractivity contribution in [2.75, 3.05) is 6.73 Å². The highest BCUT2D eigenvalue weighted by atomic mass is 16.5. The Morgan fingerprint density at radius 2 is 2.11 bits per heavy atom. The quantitative estimate of drug-likeness (QED) is 0.723. The largest absolute Gasteiger partial charge is 0.478 e. The molecule has 0 saturated heterocycles. The third kappa shape index (κ3) is 3.00. The summed E-state index contributed by atoms with van der Waals surface area (Å²) < 4.78 is 12.2. The number of aryl methyl sites for hydroxylation is 1. The molecule has 1 aliphatic carbocycles. The third-order valence-electron chi connectivity index (χ3n) is 6.02. The van der Waals surface area contributed by atoms with E-state index in [1.54, 1.807) is 18.5 Å². The zero-order valence-electron chi connectivity index (χ0n) is 16.1. The first-order valence-electron chi connectivity index (χ1n) is 10.1. The number of ketones is 1. The Bertz CT molecular complexity index is 946. The second-order valence-corrected chi connectivity index (χ2v) is 7.91. The number of ether oxygens (including phenoxy) is 2. The fourth-order valence-electron chi connectivity index (χ4n) is 4.54. The maximum Gasteiger partial charge on any atom is 0.232 e. The van der Waals surface area contributed by atoms with Gasteiger partial charge in [-0.05, 0) is 49.1 Å². The van der Waals surface area contributed by atoms with E-state index in [0.29, 0.717) is 29.8 Å². The Morgan fingerprint density at radius 3 is 2.89 bits per heavy atom. The van der Waals surface area contributed by atoms with Crippen molar-refractivity contribution in [2.45, 2.75) is 51.6 Å². The topological polar surface area (TPSA) is 51.7 Å². The van der Waals surface area contributed by atoms with Crippen LogP contribution in [0.1, 0.15) is 59.2 Å². The van der Waals surface area contributed by atoms with E-state index in [-0.39, 0.29) is 5.78 Å². The predicted octanol–water partition coefficient (Wildman–Crippen LogP) is 4.49.